The maximum atomic E-state index is 11.9. The van der Waals surface area contributed by atoms with Crippen molar-refractivity contribution in [1.82, 2.24) is 9.84 Å². The van der Waals surface area contributed by atoms with E-state index in [0.717, 1.165) is 5.56 Å². The van der Waals surface area contributed by atoms with Gasteiger partial charge in [-0.25, -0.2) is 13.4 Å². The van der Waals surface area contributed by atoms with E-state index in [1.807, 2.05) is 20.8 Å². The van der Waals surface area contributed by atoms with Crippen LogP contribution in [0.2, 0.25) is 0 Å². The highest BCUT2D eigenvalue weighted by molar-refractivity contribution is 7.89. The van der Waals surface area contributed by atoms with E-state index in [-0.39, 0.29) is 0 Å². The number of hydrogen-bond acceptors (Lipinski definition) is 3. The minimum Gasteiger partial charge on any atom is -0.231 e. The molecule has 4 nitrogen and oxygen atoms in total. The first kappa shape index (κ1) is 13.2. The molecule has 0 atom stereocenters. The second-order valence-corrected chi connectivity index (χ2v) is 5.24. The molecule has 0 amide bonds. The van der Waals surface area contributed by atoms with Crippen molar-refractivity contribution in [2.24, 2.45) is 0 Å². The minimum atomic E-state index is -3.42. The molecule has 0 spiro atoms. The number of sulfonamides is 1. The van der Waals surface area contributed by atoms with E-state index in [4.69, 9.17) is 0 Å². The van der Waals surface area contributed by atoms with Crippen LogP contribution in [0.1, 0.15) is 19.4 Å². The highest BCUT2D eigenvalue weighted by atomic mass is 32.2. The van der Waals surface area contributed by atoms with Gasteiger partial charge in [-0.3, -0.25) is 0 Å². The van der Waals surface area contributed by atoms with Gasteiger partial charge >= 0.3 is 0 Å². The molecule has 0 aliphatic rings. The van der Waals surface area contributed by atoms with Crippen molar-refractivity contribution in [1.29, 1.82) is 0 Å². The molecule has 1 aromatic rings. The summed E-state index contributed by atoms with van der Waals surface area (Å²) in [4.78, 5) is 2.83. The van der Waals surface area contributed by atoms with Gasteiger partial charge in [-0.1, -0.05) is 31.5 Å². The quantitative estimate of drug-likeness (QED) is 0.797. The topological polar surface area (TPSA) is 49.4 Å². The number of hydrazine groups is 1. The highest BCUT2D eigenvalue weighted by Crippen LogP contribution is 2.10. The average Bonchev–Trinajstić information content (AvgIpc) is 2.26. The van der Waals surface area contributed by atoms with Gasteiger partial charge < -0.3 is 0 Å². The van der Waals surface area contributed by atoms with Crippen LogP contribution in [0.4, 0.5) is 0 Å². The third kappa shape index (κ3) is 3.30. The molecule has 0 saturated carbocycles. The fourth-order valence-electron chi connectivity index (χ4n) is 1.29. The van der Waals surface area contributed by atoms with Gasteiger partial charge in [0.05, 0.1) is 4.90 Å². The van der Waals surface area contributed by atoms with E-state index in [1.54, 1.807) is 29.3 Å². The van der Waals surface area contributed by atoms with E-state index in [0.29, 0.717) is 18.0 Å². The molecule has 0 heterocycles. The normalized spacial score (nSPS) is 12.0. The van der Waals surface area contributed by atoms with E-state index < -0.39 is 10.0 Å². The lowest BCUT2D eigenvalue weighted by atomic mass is 10.2. The van der Waals surface area contributed by atoms with Crippen LogP contribution in [0, 0.1) is 6.92 Å². The van der Waals surface area contributed by atoms with E-state index in [9.17, 15) is 8.42 Å². The van der Waals surface area contributed by atoms with Crippen molar-refractivity contribution in [3.05, 3.63) is 29.8 Å². The Balaban J connectivity index is 2.89. The van der Waals surface area contributed by atoms with Gasteiger partial charge in [0.1, 0.15) is 0 Å². The smallest absolute Gasteiger partial charge is 0.231 e. The first-order valence-electron chi connectivity index (χ1n) is 5.33. The van der Waals surface area contributed by atoms with Crippen LogP contribution in [0.15, 0.2) is 29.2 Å². The summed E-state index contributed by atoms with van der Waals surface area (Å²) in [6.07, 6.45) is 0. The third-order valence-electron chi connectivity index (χ3n) is 2.34. The Bertz CT molecular complexity index is 422. The predicted octanol–water partition coefficient (Wildman–Crippen LogP) is 1.53. The zero-order valence-corrected chi connectivity index (χ0v) is 10.7. The van der Waals surface area contributed by atoms with Gasteiger partial charge in [0, 0.05) is 13.1 Å². The Morgan fingerprint density at radius 3 is 2.06 bits per heavy atom. The van der Waals surface area contributed by atoms with Crippen molar-refractivity contribution < 1.29 is 8.42 Å². The van der Waals surface area contributed by atoms with Crippen LogP contribution in [0.3, 0.4) is 0 Å². The molecule has 5 heteroatoms. The summed E-state index contributed by atoms with van der Waals surface area (Å²) in [6, 6.07) is 6.80. The SMILES string of the molecule is CCN(CC)NS(=O)(=O)c1ccc(C)cc1. The number of nitrogens with zero attached hydrogens (tertiary/aromatic N) is 1. The van der Waals surface area contributed by atoms with Gasteiger partial charge in [0.15, 0.2) is 0 Å². The van der Waals surface area contributed by atoms with Crippen LogP contribution in [0.5, 0.6) is 0 Å². The van der Waals surface area contributed by atoms with E-state index in [1.165, 1.54) is 0 Å². The molecule has 16 heavy (non-hydrogen) atoms. The fourth-order valence-corrected chi connectivity index (χ4v) is 2.49. The molecule has 1 rings (SSSR count). The van der Waals surface area contributed by atoms with Crippen LogP contribution in [-0.2, 0) is 10.0 Å². The molecule has 1 N–H and O–H groups in total. The van der Waals surface area contributed by atoms with Crippen molar-refractivity contribution >= 4 is 10.0 Å². The second-order valence-electron chi connectivity index (χ2n) is 3.58. The molecule has 0 unspecified atom stereocenters. The summed E-state index contributed by atoms with van der Waals surface area (Å²) in [5, 5.41) is 1.65. The Kier molecular flexibility index (Phi) is 4.46. The molecule has 0 aromatic heterocycles. The highest BCUT2D eigenvalue weighted by Gasteiger charge is 2.15. The van der Waals surface area contributed by atoms with Crippen LogP contribution in [0.25, 0.3) is 0 Å². The molecule has 1 aromatic carbocycles. The first-order chi connectivity index (χ1) is 7.49. The van der Waals surface area contributed by atoms with Gasteiger partial charge in [0.25, 0.3) is 10.0 Å². The van der Waals surface area contributed by atoms with Crippen LogP contribution in [-0.4, -0.2) is 26.5 Å². The molecule has 0 saturated heterocycles. The average molecular weight is 242 g/mol. The summed E-state index contributed by atoms with van der Waals surface area (Å²) in [7, 11) is -3.42. The summed E-state index contributed by atoms with van der Waals surface area (Å²) < 4.78 is 23.8. The zero-order chi connectivity index (χ0) is 12.2. The van der Waals surface area contributed by atoms with Crippen molar-refractivity contribution in [2.75, 3.05) is 13.1 Å². The Morgan fingerprint density at radius 2 is 1.62 bits per heavy atom. The minimum absolute atomic E-state index is 0.296. The van der Waals surface area contributed by atoms with E-state index in [2.05, 4.69) is 4.83 Å². The lowest BCUT2D eigenvalue weighted by Crippen LogP contribution is -2.41. The third-order valence-corrected chi connectivity index (χ3v) is 3.74. The lowest BCUT2D eigenvalue weighted by molar-refractivity contribution is 0.268. The molecule has 0 aliphatic carbocycles. The zero-order valence-electron chi connectivity index (χ0n) is 9.90. The number of aryl methyl sites for hydroxylation is 1. The van der Waals surface area contributed by atoms with Crippen LogP contribution < -0.4 is 4.83 Å². The number of rotatable bonds is 5. The van der Waals surface area contributed by atoms with Gasteiger partial charge in [-0.15, -0.1) is 4.83 Å². The lowest BCUT2D eigenvalue weighted by Gasteiger charge is -2.19. The molecule has 0 radical (unpaired) electrons. The van der Waals surface area contributed by atoms with Crippen molar-refractivity contribution in [3.8, 4) is 0 Å². The molecule has 90 valence electrons. The summed E-state index contributed by atoms with van der Waals surface area (Å²) in [5.41, 5.74) is 1.04. The number of benzene rings is 1. The predicted molar refractivity (Wildman–Crippen MR) is 64.4 cm³/mol. The largest absolute Gasteiger partial charge is 0.253 e. The Hall–Kier alpha value is -0.910. The van der Waals surface area contributed by atoms with Gasteiger partial charge in [0.2, 0.25) is 0 Å². The molecule has 0 bridgehead atoms. The maximum absolute atomic E-state index is 11.9. The van der Waals surface area contributed by atoms with Crippen LogP contribution >= 0.6 is 0 Å². The van der Waals surface area contributed by atoms with Gasteiger partial charge in [-0.05, 0) is 19.1 Å². The standard InChI is InChI=1S/C11H18N2O2S/c1-4-13(5-2)12-16(14,15)11-8-6-10(3)7-9-11/h6-9,12H,4-5H2,1-3H3. The number of hydrogen-bond donors (Lipinski definition) is 1. The Labute approximate surface area is 97.3 Å². The maximum Gasteiger partial charge on any atom is 0.253 e. The van der Waals surface area contributed by atoms with Crippen molar-refractivity contribution in [3.63, 3.8) is 0 Å². The summed E-state index contributed by atoms with van der Waals surface area (Å²) >= 11 is 0. The molecule has 0 fully saturated rings. The first-order valence-corrected chi connectivity index (χ1v) is 6.82. The monoisotopic (exact) mass is 242 g/mol. The molecule has 0 aliphatic heterocycles. The Morgan fingerprint density at radius 1 is 1.12 bits per heavy atom. The van der Waals surface area contributed by atoms with Crippen molar-refractivity contribution in [2.45, 2.75) is 25.7 Å². The molecular formula is C11H18N2O2S. The summed E-state index contributed by atoms with van der Waals surface area (Å²) in [5.74, 6) is 0. The fraction of sp³-hybridized carbons (Fsp3) is 0.455. The molecular weight excluding hydrogens is 224 g/mol. The van der Waals surface area contributed by atoms with Gasteiger partial charge in [-0.2, -0.15) is 0 Å². The summed E-state index contributed by atoms with van der Waals surface area (Å²) in [6.45, 7) is 7.01. The number of nitrogens with one attached hydrogen (secondary N) is 1. The second kappa shape index (κ2) is 5.43. The van der Waals surface area contributed by atoms with E-state index >= 15 is 0 Å².